The molecule has 0 atom stereocenters. The summed E-state index contributed by atoms with van der Waals surface area (Å²) < 4.78 is 32.1. The zero-order valence-electron chi connectivity index (χ0n) is 14.2. The largest absolute Gasteiger partial charge is 0.481 e. The molecule has 138 valence electrons. The van der Waals surface area contributed by atoms with E-state index in [0.717, 1.165) is 25.0 Å². The molecule has 8 heteroatoms. The fourth-order valence-corrected chi connectivity index (χ4v) is 2.61. The molecule has 1 amide bonds. The number of nitrogens with zero attached hydrogens (tertiary/aromatic N) is 2. The molecular weight excluding hydrogens is 346 g/mol. The van der Waals surface area contributed by atoms with Gasteiger partial charge in [-0.25, -0.2) is 13.8 Å². The molecule has 1 aliphatic carbocycles. The van der Waals surface area contributed by atoms with E-state index in [1.54, 1.807) is 6.92 Å². The van der Waals surface area contributed by atoms with Crippen molar-refractivity contribution in [3.05, 3.63) is 52.7 Å². The first-order chi connectivity index (χ1) is 12.3. The zero-order chi connectivity index (χ0) is 18.8. The van der Waals surface area contributed by atoms with Crippen LogP contribution in [0.25, 0.3) is 0 Å². The van der Waals surface area contributed by atoms with E-state index in [1.165, 1.54) is 11.0 Å². The van der Waals surface area contributed by atoms with Crippen molar-refractivity contribution in [1.82, 2.24) is 9.88 Å². The lowest BCUT2D eigenvalue weighted by Crippen LogP contribution is -2.33. The second-order valence-electron chi connectivity index (χ2n) is 6.36. The van der Waals surface area contributed by atoms with Crippen LogP contribution in [0.5, 0.6) is 0 Å². The number of amides is 1. The minimum Gasteiger partial charge on any atom is -0.481 e. The van der Waals surface area contributed by atoms with Crippen molar-refractivity contribution >= 4 is 11.9 Å². The highest BCUT2D eigenvalue weighted by atomic mass is 19.2. The van der Waals surface area contributed by atoms with Gasteiger partial charge in [0.1, 0.15) is 0 Å². The van der Waals surface area contributed by atoms with Gasteiger partial charge >= 0.3 is 5.97 Å². The first-order valence-corrected chi connectivity index (χ1v) is 8.27. The number of carbonyl (C=O) groups excluding carboxylic acids is 1. The summed E-state index contributed by atoms with van der Waals surface area (Å²) in [4.78, 5) is 29.2. The normalized spacial score (nSPS) is 13.7. The third-order valence-corrected chi connectivity index (χ3v) is 4.17. The van der Waals surface area contributed by atoms with Gasteiger partial charge in [0.05, 0.1) is 12.1 Å². The summed E-state index contributed by atoms with van der Waals surface area (Å²) >= 11 is 0. The molecule has 26 heavy (non-hydrogen) atoms. The van der Waals surface area contributed by atoms with Gasteiger partial charge < -0.3 is 14.4 Å². The maximum absolute atomic E-state index is 13.4. The molecule has 1 N–H and O–H groups in total. The summed E-state index contributed by atoms with van der Waals surface area (Å²) in [6.07, 6.45) is 1.65. The van der Waals surface area contributed by atoms with Crippen molar-refractivity contribution in [3.63, 3.8) is 0 Å². The number of oxazole rings is 1. The molecule has 1 saturated carbocycles. The maximum Gasteiger partial charge on any atom is 0.305 e. The summed E-state index contributed by atoms with van der Waals surface area (Å²) in [5.41, 5.74) is 0.782. The van der Waals surface area contributed by atoms with Crippen molar-refractivity contribution in [2.75, 3.05) is 6.54 Å². The Morgan fingerprint density at radius 2 is 2.04 bits per heavy atom. The van der Waals surface area contributed by atoms with Crippen LogP contribution in [-0.2, 0) is 11.3 Å². The highest BCUT2D eigenvalue weighted by Gasteiger charge is 2.32. The molecule has 0 spiro atoms. The van der Waals surface area contributed by atoms with Gasteiger partial charge in [-0.15, -0.1) is 0 Å². The molecule has 0 unspecified atom stereocenters. The van der Waals surface area contributed by atoms with Gasteiger partial charge in [-0.2, -0.15) is 0 Å². The van der Waals surface area contributed by atoms with E-state index in [4.69, 9.17) is 9.52 Å². The van der Waals surface area contributed by atoms with Crippen LogP contribution in [0.1, 0.15) is 52.9 Å². The van der Waals surface area contributed by atoms with Gasteiger partial charge in [0.2, 0.25) is 5.76 Å². The Morgan fingerprint density at radius 1 is 1.31 bits per heavy atom. The Bertz CT molecular complexity index is 846. The van der Waals surface area contributed by atoms with Crippen molar-refractivity contribution in [2.24, 2.45) is 0 Å². The molecule has 6 nitrogen and oxygen atoms in total. The van der Waals surface area contributed by atoms with Crippen LogP contribution in [0, 0.1) is 18.6 Å². The van der Waals surface area contributed by atoms with Crippen molar-refractivity contribution < 1.29 is 27.9 Å². The van der Waals surface area contributed by atoms with Crippen LogP contribution in [0.15, 0.2) is 22.6 Å². The van der Waals surface area contributed by atoms with Crippen LogP contribution in [0.3, 0.4) is 0 Å². The Balaban J connectivity index is 1.83. The van der Waals surface area contributed by atoms with Crippen LogP contribution < -0.4 is 0 Å². The minimum atomic E-state index is -1.07. The lowest BCUT2D eigenvalue weighted by Gasteiger charge is -2.21. The summed E-state index contributed by atoms with van der Waals surface area (Å²) in [5.74, 6) is -2.81. The zero-order valence-corrected chi connectivity index (χ0v) is 14.2. The topological polar surface area (TPSA) is 83.6 Å². The molecule has 1 aliphatic rings. The smallest absolute Gasteiger partial charge is 0.305 e. The monoisotopic (exact) mass is 364 g/mol. The molecule has 1 heterocycles. The van der Waals surface area contributed by atoms with E-state index >= 15 is 0 Å². The first-order valence-electron chi connectivity index (χ1n) is 8.27. The third kappa shape index (κ3) is 4.07. The summed E-state index contributed by atoms with van der Waals surface area (Å²) in [6, 6.07) is 3.30. The Labute approximate surface area is 148 Å². The molecule has 2 aromatic rings. The van der Waals surface area contributed by atoms with Gasteiger partial charge in [-0.05, 0) is 37.5 Å². The average molecular weight is 364 g/mol. The summed E-state index contributed by atoms with van der Waals surface area (Å²) in [6.45, 7) is 1.49. The van der Waals surface area contributed by atoms with E-state index < -0.39 is 23.5 Å². The number of rotatable bonds is 7. The number of carboxylic acid groups (broad SMARTS) is 1. The van der Waals surface area contributed by atoms with Gasteiger partial charge in [0.25, 0.3) is 5.91 Å². The molecule has 1 aromatic heterocycles. The lowest BCUT2D eigenvalue weighted by atomic mass is 10.2. The average Bonchev–Trinajstić information content (AvgIpc) is 3.36. The minimum absolute atomic E-state index is 0.0554. The molecule has 0 aliphatic heterocycles. The van der Waals surface area contributed by atoms with E-state index in [-0.39, 0.29) is 31.2 Å². The number of aryl methyl sites for hydroxylation is 1. The maximum atomic E-state index is 13.4. The van der Waals surface area contributed by atoms with Gasteiger partial charge in [-0.3, -0.25) is 9.59 Å². The van der Waals surface area contributed by atoms with E-state index in [0.29, 0.717) is 17.1 Å². The second kappa shape index (κ2) is 7.23. The standard InChI is InChI=1S/C18H18F2N2O4/c1-10-16(26-17(21-10)12-3-4-12)18(25)22(7-6-15(23)24)9-11-2-5-13(19)14(20)8-11/h2,5,8,12H,3-4,6-7,9H2,1H3,(H,23,24). The molecule has 3 rings (SSSR count). The number of halogens is 2. The van der Waals surface area contributed by atoms with Crippen LogP contribution in [-0.4, -0.2) is 33.4 Å². The Kier molecular flexibility index (Phi) is 5.01. The fraction of sp³-hybridized carbons (Fsp3) is 0.389. The Hall–Kier alpha value is -2.77. The number of hydrogen-bond donors (Lipinski definition) is 1. The number of benzene rings is 1. The quantitative estimate of drug-likeness (QED) is 0.815. The molecule has 0 saturated heterocycles. The number of aromatic nitrogens is 1. The number of carboxylic acids is 1. The highest BCUT2D eigenvalue weighted by Crippen LogP contribution is 2.40. The summed E-state index contributed by atoms with van der Waals surface area (Å²) in [7, 11) is 0. The SMILES string of the molecule is Cc1nc(C2CC2)oc1C(=O)N(CCC(=O)O)Cc1ccc(F)c(F)c1. The van der Waals surface area contributed by atoms with Crippen molar-refractivity contribution in [1.29, 1.82) is 0 Å². The van der Waals surface area contributed by atoms with Crippen LogP contribution >= 0.6 is 0 Å². The van der Waals surface area contributed by atoms with E-state index in [1.807, 2.05) is 0 Å². The second-order valence-corrected chi connectivity index (χ2v) is 6.36. The fourth-order valence-electron chi connectivity index (χ4n) is 2.61. The lowest BCUT2D eigenvalue weighted by molar-refractivity contribution is -0.137. The third-order valence-electron chi connectivity index (χ3n) is 4.17. The van der Waals surface area contributed by atoms with Crippen LogP contribution in [0.4, 0.5) is 8.78 Å². The molecule has 1 fully saturated rings. The van der Waals surface area contributed by atoms with Crippen molar-refractivity contribution in [2.45, 2.75) is 38.6 Å². The van der Waals surface area contributed by atoms with E-state index in [2.05, 4.69) is 4.98 Å². The highest BCUT2D eigenvalue weighted by molar-refractivity contribution is 5.92. The van der Waals surface area contributed by atoms with Gasteiger partial charge in [-0.1, -0.05) is 6.07 Å². The number of hydrogen-bond acceptors (Lipinski definition) is 4. The van der Waals surface area contributed by atoms with Gasteiger partial charge in [0, 0.05) is 19.0 Å². The first kappa shape index (κ1) is 18.0. The van der Waals surface area contributed by atoms with E-state index in [9.17, 15) is 18.4 Å². The number of carbonyl (C=O) groups is 2. The predicted octanol–water partition coefficient (Wildman–Crippen LogP) is 3.26. The number of aliphatic carboxylic acids is 1. The molecule has 1 aromatic carbocycles. The van der Waals surface area contributed by atoms with Crippen molar-refractivity contribution in [3.8, 4) is 0 Å². The Morgan fingerprint density at radius 3 is 2.65 bits per heavy atom. The van der Waals surface area contributed by atoms with Crippen LogP contribution in [0.2, 0.25) is 0 Å². The predicted molar refractivity (Wildman–Crippen MR) is 86.6 cm³/mol. The molecule has 0 bridgehead atoms. The molecule has 0 radical (unpaired) electrons. The van der Waals surface area contributed by atoms with Gasteiger partial charge in [0.15, 0.2) is 17.5 Å². The summed E-state index contributed by atoms with van der Waals surface area (Å²) in [5, 5.41) is 8.92. The molecular formula is C18H18F2N2O4.